The molecule has 2 aromatic carbocycles. The van der Waals surface area contributed by atoms with Crippen molar-refractivity contribution in [1.29, 1.82) is 0 Å². The van der Waals surface area contributed by atoms with Crippen LogP contribution in [0.15, 0.2) is 53.4 Å². The van der Waals surface area contributed by atoms with E-state index in [0.717, 1.165) is 17.5 Å². The van der Waals surface area contributed by atoms with Crippen LogP contribution in [0.2, 0.25) is 0 Å². The molecule has 2 amide bonds. The van der Waals surface area contributed by atoms with Crippen molar-refractivity contribution in [2.45, 2.75) is 18.2 Å². The molecule has 136 valence electrons. The van der Waals surface area contributed by atoms with E-state index in [0.29, 0.717) is 12.2 Å². The summed E-state index contributed by atoms with van der Waals surface area (Å²) in [6.45, 7) is 2.30. The van der Waals surface area contributed by atoms with Crippen molar-refractivity contribution in [2.75, 3.05) is 23.0 Å². The minimum Gasteiger partial charge on any atom is -0.326 e. The summed E-state index contributed by atoms with van der Waals surface area (Å²) in [4.78, 5) is 26.5. The average Bonchev–Trinajstić information content (AvgIpc) is 2.97. The van der Waals surface area contributed by atoms with Gasteiger partial charge in [-0.15, -0.1) is 0 Å². The van der Waals surface area contributed by atoms with E-state index in [9.17, 15) is 18.0 Å². The number of nitrogens with zero attached hydrogens (tertiary/aromatic N) is 1. The molecule has 0 spiro atoms. The standard InChI is InChI=1S/C19H20N2O4S/c1-13-3-7-16(8-4-13)21-12-14(11-18(21)22)19(23)20-15-5-9-17(10-6-15)26(2,24)25/h3-10,14H,11-12H2,1-2H3,(H,20,23). The molecular weight excluding hydrogens is 352 g/mol. The number of nitrogens with one attached hydrogen (secondary N) is 1. The second-order valence-electron chi connectivity index (χ2n) is 6.53. The van der Waals surface area contributed by atoms with Gasteiger partial charge in [-0.2, -0.15) is 0 Å². The first-order chi connectivity index (χ1) is 12.2. The Morgan fingerprint density at radius 1 is 1.08 bits per heavy atom. The predicted octanol–water partition coefficient (Wildman–Crippen LogP) is 2.39. The van der Waals surface area contributed by atoms with E-state index in [1.807, 2.05) is 31.2 Å². The SMILES string of the molecule is Cc1ccc(N2CC(C(=O)Nc3ccc(S(C)(=O)=O)cc3)CC2=O)cc1. The molecule has 1 aliphatic rings. The molecule has 1 fully saturated rings. The monoisotopic (exact) mass is 372 g/mol. The van der Waals surface area contributed by atoms with Crippen molar-refractivity contribution in [3.63, 3.8) is 0 Å². The molecule has 1 aliphatic heterocycles. The third-order valence-electron chi connectivity index (χ3n) is 4.39. The van der Waals surface area contributed by atoms with Crippen molar-refractivity contribution in [3.05, 3.63) is 54.1 Å². The van der Waals surface area contributed by atoms with Gasteiger partial charge in [-0.25, -0.2) is 8.42 Å². The molecule has 1 atom stereocenters. The Balaban J connectivity index is 1.67. The molecule has 1 heterocycles. The summed E-state index contributed by atoms with van der Waals surface area (Å²) in [5, 5.41) is 2.75. The van der Waals surface area contributed by atoms with Gasteiger partial charge in [0.15, 0.2) is 9.84 Å². The van der Waals surface area contributed by atoms with Crippen LogP contribution in [-0.4, -0.2) is 33.0 Å². The number of carbonyl (C=O) groups is 2. The molecule has 0 aliphatic carbocycles. The molecule has 1 N–H and O–H groups in total. The van der Waals surface area contributed by atoms with Gasteiger partial charge in [0.2, 0.25) is 11.8 Å². The zero-order valence-electron chi connectivity index (χ0n) is 14.6. The van der Waals surface area contributed by atoms with Crippen LogP contribution in [0.4, 0.5) is 11.4 Å². The molecule has 26 heavy (non-hydrogen) atoms. The van der Waals surface area contributed by atoms with Gasteiger partial charge in [-0.05, 0) is 43.3 Å². The van der Waals surface area contributed by atoms with Crippen LogP contribution in [0.5, 0.6) is 0 Å². The van der Waals surface area contributed by atoms with Crippen LogP contribution in [0.25, 0.3) is 0 Å². The smallest absolute Gasteiger partial charge is 0.229 e. The molecular formula is C19H20N2O4S. The molecule has 1 saturated heterocycles. The second-order valence-corrected chi connectivity index (χ2v) is 8.54. The lowest BCUT2D eigenvalue weighted by Gasteiger charge is -2.17. The summed E-state index contributed by atoms with van der Waals surface area (Å²) in [6.07, 6.45) is 1.28. The Hall–Kier alpha value is -2.67. The molecule has 0 radical (unpaired) electrons. The maximum Gasteiger partial charge on any atom is 0.229 e. The molecule has 6 nitrogen and oxygen atoms in total. The van der Waals surface area contributed by atoms with Gasteiger partial charge in [0.1, 0.15) is 0 Å². The molecule has 0 aromatic heterocycles. The van der Waals surface area contributed by atoms with Crippen LogP contribution < -0.4 is 10.2 Å². The third-order valence-corrected chi connectivity index (χ3v) is 5.52. The van der Waals surface area contributed by atoms with Crippen LogP contribution in [-0.2, 0) is 19.4 Å². The fourth-order valence-corrected chi connectivity index (χ4v) is 3.52. The fourth-order valence-electron chi connectivity index (χ4n) is 2.89. The fraction of sp³-hybridized carbons (Fsp3) is 0.263. The number of sulfone groups is 1. The van der Waals surface area contributed by atoms with Gasteiger partial charge in [0.25, 0.3) is 0 Å². The quantitative estimate of drug-likeness (QED) is 0.893. The Labute approximate surface area is 152 Å². The number of benzene rings is 2. The van der Waals surface area contributed by atoms with Gasteiger partial charge < -0.3 is 10.2 Å². The van der Waals surface area contributed by atoms with E-state index in [4.69, 9.17) is 0 Å². The Morgan fingerprint density at radius 2 is 1.69 bits per heavy atom. The maximum atomic E-state index is 12.5. The largest absolute Gasteiger partial charge is 0.326 e. The number of rotatable bonds is 4. The van der Waals surface area contributed by atoms with E-state index in [2.05, 4.69) is 5.32 Å². The summed E-state index contributed by atoms with van der Waals surface area (Å²) >= 11 is 0. The van der Waals surface area contributed by atoms with E-state index >= 15 is 0 Å². The molecule has 0 saturated carbocycles. The van der Waals surface area contributed by atoms with E-state index < -0.39 is 15.8 Å². The number of aryl methyl sites for hydroxylation is 1. The first-order valence-corrected chi connectivity index (χ1v) is 10.1. The maximum absolute atomic E-state index is 12.5. The number of carbonyl (C=O) groups excluding carboxylic acids is 2. The average molecular weight is 372 g/mol. The molecule has 2 aromatic rings. The van der Waals surface area contributed by atoms with Gasteiger partial charge in [-0.3, -0.25) is 9.59 Å². The zero-order chi connectivity index (χ0) is 18.9. The summed E-state index contributed by atoms with van der Waals surface area (Å²) in [6, 6.07) is 13.6. The first-order valence-electron chi connectivity index (χ1n) is 8.22. The predicted molar refractivity (Wildman–Crippen MR) is 99.8 cm³/mol. The number of hydrogen-bond acceptors (Lipinski definition) is 4. The molecule has 0 bridgehead atoms. The Kier molecular flexibility index (Phi) is 4.82. The van der Waals surface area contributed by atoms with Gasteiger partial charge in [0, 0.05) is 30.6 Å². The van der Waals surface area contributed by atoms with Crippen molar-refractivity contribution in [2.24, 2.45) is 5.92 Å². The highest BCUT2D eigenvalue weighted by Gasteiger charge is 2.35. The minimum absolute atomic E-state index is 0.0820. The van der Waals surface area contributed by atoms with Crippen molar-refractivity contribution >= 4 is 33.0 Å². The van der Waals surface area contributed by atoms with Crippen LogP contribution >= 0.6 is 0 Å². The van der Waals surface area contributed by atoms with E-state index in [-0.39, 0.29) is 23.1 Å². The second kappa shape index (κ2) is 6.92. The number of anilines is 2. The number of amides is 2. The summed E-state index contributed by atoms with van der Waals surface area (Å²) in [5.74, 6) is -0.778. The van der Waals surface area contributed by atoms with Crippen molar-refractivity contribution in [1.82, 2.24) is 0 Å². The molecule has 7 heteroatoms. The minimum atomic E-state index is -3.28. The van der Waals surface area contributed by atoms with E-state index in [1.165, 1.54) is 12.1 Å². The van der Waals surface area contributed by atoms with Gasteiger partial charge in [0.05, 0.1) is 10.8 Å². The van der Waals surface area contributed by atoms with Crippen LogP contribution in [0, 0.1) is 12.8 Å². The Bertz CT molecular complexity index is 935. The lowest BCUT2D eigenvalue weighted by molar-refractivity contribution is -0.122. The first kappa shape index (κ1) is 18.1. The van der Waals surface area contributed by atoms with Gasteiger partial charge >= 0.3 is 0 Å². The Morgan fingerprint density at radius 3 is 2.27 bits per heavy atom. The summed E-state index contributed by atoms with van der Waals surface area (Å²) in [7, 11) is -3.28. The topological polar surface area (TPSA) is 83.6 Å². The normalized spacial score (nSPS) is 17.4. The zero-order valence-corrected chi connectivity index (χ0v) is 15.4. The lowest BCUT2D eigenvalue weighted by atomic mass is 10.1. The van der Waals surface area contributed by atoms with Crippen molar-refractivity contribution in [3.8, 4) is 0 Å². The highest BCUT2D eigenvalue weighted by atomic mass is 32.2. The third kappa shape index (κ3) is 3.94. The summed E-state index contributed by atoms with van der Waals surface area (Å²) < 4.78 is 22.9. The van der Waals surface area contributed by atoms with Crippen LogP contribution in [0.3, 0.4) is 0 Å². The van der Waals surface area contributed by atoms with Crippen molar-refractivity contribution < 1.29 is 18.0 Å². The molecule has 3 rings (SSSR count). The summed E-state index contributed by atoms with van der Waals surface area (Å²) in [5.41, 5.74) is 2.39. The number of hydrogen-bond donors (Lipinski definition) is 1. The van der Waals surface area contributed by atoms with E-state index in [1.54, 1.807) is 17.0 Å². The van der Waals surface area contributed by atoms with Crippen LogP contribution in [0.1, 0.15) is 12.0 Å². The van der Waals surface area contributed by atoms with Gasteiger partial charge in [-0.1, -0.05) is 17.7 Å². The molecule has 1 unspecified atom stereocenters. The highest BCUT2D eigenvalue weighted by molar-refractivity contribution is 7.90. The highest BCUT2D eigenvalue weighted by Crippen LogP contribution is 2.26. The lowest BCUT2D eigenvalue weighted by Crippen LogP contribution is -2.28.